The van der Waals surface area contributed by atoms with Gasteiger partial charge in [-0.15, -0.1) is 0 Å². The number of benzene rings is 3. The smallest absolute Gasteiger partial charge is 0.282 e. The average molecular weight is 478 g/mol. The highest BCUT2D eigenvalue weighted by molar-refractivity contribution is 7.80. The fourth-order valence-corrected chi connectivity index (χ4v) is 3.05. The summed E-state index contributed by atoms with van der Waals surface area (Å²) in [6.45, 7) is 1.89. The number of nitro benzene ring substituents is 1. The van der Waals surface area contributed by atoms with Crippen LogP contribution in [-0.4, -0.2) is 27.8 Å². The molecule has 10 nitrogen and oxygen atoms in total. The van der Waals surface area contributed by atoms with Crippen LogP contribution in [0.15, 0.2) is 72.8 Å². The first kappa shape index (κ1) is 24.0. The Labute approximate surface area is 199 Å². The summed E-state index contributed by atoms with van der Waals surface area (Å²) in [7, 11) is 0. The zero-order valence-electron chi connectivity index (χ0n) is 17.8. The van der Waals surface area contributed by atoms with Crippen LogP contribution in [0.25, 0.3) is 0 Å². The van der Waals surface area contributed by atoms with E-state index in [4.69, 9.17) is 12.2 Å². The predicted octanol–water partition coefficient (Wildman–Crippen LogP) is 3.10. The van der Waals surface area contributed by atoms with Crippen molar-refractivity contribution in [1.29, 1.82) is 0 Å². The number of rotatable bonds is 5. The minimum Gasteiger partial charge on any atom is -0.322 e. The second kappa shape index (κ2) is 10.8. The van der Waals surface area contributed by atoms with Crippen LogP contribution in [0.1, 0.15) is 36.6 Å². The van der Waals surface area contributed by atoms with Crippen molar-refractivity contribution in [3.05, 3.63) is 105 Å². The molecule has 3 aromatic carbocycles. The molecule has 34 heavy (non-hydrogen) atoms. The quantitative estimate of drug-likeness (QED) is 0.251. The number of anilines is 1. The van der Waals surface area contributed by atoms with Crippen LogP contribution in [0.4, 0.5) is 11.4 Å². The number of hydrogen-bond acceptors (Lipinski definition) is 6. The summed E-state index contributed by atoms with van der Waals surface area (Å²) in [6.07, 6.45) is 0. The maximum Gasteiger partial charge on any atom is 0.282 e. The van der Waals surface area contributed by atoms with Crippen molar-refractivity contribution in [2.45, 2.75) is 6.92 Å². The number of amides is 3. The zero-order valence-corrected chi connectivity index (χ0v) is 18.6. The topological polar surface area (TPSA) is 142 Å². The third-order valence-electron chi connectivity index (χ3n) is 4.55. The van der Waals surface area contributed by atoms with E-state index in [2.05, 4.69) is 21.5 Å². The first-order valence-electron chi connectivity index (χ1n) is 9.88. The lowest BCUT2D eigenvalue weighted by atomic mass is 10.1. The molecule has 0 aromatic heterocycles. The van der Waals surface area contributed by atoms with Gasteiger partial charge in [-0.3, -0.25) is 40.7 Å². The number of nitro groups is 1. The number of carbonyl (C=O) groups is 3. The summed E-state index contributed by atoms with van der Waals surface area (Å²) in [4.78, 5) is 47.3. The van der Waals surface area contributed by atoms with Gasteiger partial charge in [-0.05, 0) is 61.6 Å². The van der Waals surface area contributed by atoms with E-state index in [9.17, 15) is 24.5 Å². The number of carbonyl (C=O) groups excluding carboxylic acids is 3. The van der Waals surface area contributed by atoms with Gasteiger partial charge in [0.05, 0.1) is 4.92 Å². The molecule has 11 heteroatoms. The van der Waals surface area contributed by atoms with E-state index in [-0.39, 0.29) is 27.8 Å². The van der Waals surface area contributed by atoms with E-state index in [0.717, 1.165) is 5.56 Å². The number of nitrogens with zero attached hydrogens (tertiary/aromatic N) is 1. The molecule has 0 bridgehead atoms. The minimum atomic E-state index is -0.798. The van der Waals surface area contributed by atoms with Crippen molar-refractivity contribution in [3.63, 3.8) is 0 Å². The Bertz CT molecular complexity index is 1280. The average Bonchev–Trinajstić information content (AvgIpc) is 2.83. The van der Waals surface area contributed by atoms with Gasteiger partial charge in [0.15, 0.2) is 5.11 Å². The number of hydrogen-bond donors (Lipinski definition) is 4. The standard InChI is InChI=1S/C23H19N5O5S/c1-14-5-4-6-16(13-14)20(29)24-17-11-9-15(10-12-17)21(30)26-27-23(34)25-22(31)18-7-2-3-8-19(18)28(32)33/h2-13H,1H3,(H,24,29)(H,26,30)(H2,25,27,31,34). The summed E-state index contributed by atoms with van der Waals surface area (Å²) >= 11 is 4.96. The van der Waals surface area contributed by atoms with E-state index in [1.54, 1.807) is 30.3 Å². The molecule has 0 fully saturated rings. The lowest BCUT2D eigenvalue weighted by Crippen LogP contribution is -2.48. The van der Waals surface area contributed by atoms with Crippen LogP contribution in [0, 0.1) is 17.0 Å². The Hall–Kier alpha value is -4.64. The van der Waals surface area contributed by atoms with Crippen LogP contribution in [0.3, 0.4) is 0 Å². The van der Waals surface area contributed by atoms with Crippen LogP contribution in [0.2, 0.25) is 0 Å². The maximum atomic E-state index is 12.3. The van der Waals surface area contributed by atoms with Gasteiger partial charge in [0, 0.05) is 22.9 Å². The van der Waals surface area contributed by atoms with Crippen molar-refractivity contribution >= 4 is 46.4 Å². The Morgan fingerprint density at radius 2 is 1.53 bits per heavy atom. The van der Waals surface area contributed by atoms with Crippen molar-refractivity contribution in [1.82, 2.24) is 16.2 Å². The van der Waals surface area contributed by atoms with Gasteiger partial charge in [-0.25, -0.2) is 0 Å². The van der Waals surface area contributed by atoms with E-state index in [0.29, 0.717) is 11.3 Å². The molecular weight excluding hydrogens is 458 g/mol. The van der Waals surface area contributed by atoms with Crippen molar-refractivity contribution in [3.8, 4) is 0 Å². The summed E-state index contributed by atoms with van der Waals surface area (Å²) in [5.41, 5.74) is 6.37. The summed E-state index contributed by atoms with van der Waals surface area (Å²) in [6, 6.07) is 18.7. The molecular formula is C23H19N5O5S. The van der Waals surface area contributed by atoms with Gasteiger partial charge in [0.1, 0.15) is 5.56 Å². The molecule has 0 radical (unpaired) electrons. The molecule has 4 N–H and O–H groups in total. The molecule has 3 amide bonds. The van der Waals surface area contributed by atoms with Crippen LogP contribution < -0.4 is 21.5 Å². The molecule has 0 aliphatic heterocycles. The molecule has 0 aliphatic rings. The van der Waals surface area contributed by atoms with Crippen LogP contribution >= 0.6 is 12.2 Å². The summed E-state index contributed by atoms with van der Waals surface area (Å²) < 4.78 is 0. The van der Waals surface area contributed by atoms with Gasteiger partial charge in [0.2, 0.25) is 0 Å². The number of aryl methyl sites for hydroxylation is 1. The number of para-hydroxylation sites is 1. The Morgan fingerprint density at radius 3 is 2.21 bits per heavy atom. The van der Waals surface area contributed by atoms with E-state index < -0.39 is 16.7 Å². The van der Waals surface area contributed by atoms with E-state index in [1.165, 1.54) is 36.4 Å². The molecule has 0 spiro atoms. The van der Waals surface area contributed by atoms with Gasteiger partial charge in [0.25, 0.3) is 23.4 Å². The van der Waals surface area contributed by atoms with E-state index in [1.807, 2.05) is 13.0 Å². The highest BCUT2D eigenvalue weighted by Gasteiger charge is 2.20. The number of nitrogens with one attached hydrogen (secondary N) is 4. The molecule has 0 unspecified atom stereocenters. The van der Waals surface area contributed by atoms with Gasteiger partial charge >= 0.3 is 0 Å². The first-order chi connectivity index (χ1) is 16.2. The van der Waals surface area contributed by atoms with Gasteiger partial charge in [-0.1, -0.05) is 29.8 Å². The lowest BCUT2D eigenvalue weighted by Gasteiger charge is -2.11. The third-order valence-corrected chi connectivity index (χ3v) is 4.75. The monoisotopic (exact) mass is 477 g/mol. The highest BCUT2D eigenvalue weighted by atomic mass is 32.1. The SMILES string of the molecule is Cc1cccc(C(=O)Nc2ccc(C(=O)NNC(=S)NC(=O)c3ccccc3[N+](=O)[O-])cc2)c1. The second-order valence-electron chi connectivity index (χ2n) is 7.04. The van der Waals surface area contributed by atoms with E-state index >= 15 is 0 Å². The fraction of sp³-hybridized carbons (Fsp3) is 0.0435. The van der Waals surface area contributed by atoms with Crippen molar-refractivity contribution in [2.24, 2.45) is 0 Å². The Morgan fingerprint density at radius 1 is 0.824 bits per heavy atom. The molecule has 3 rings (SSSR count). The molecule has 3 aromatic rings. The van der Waals surface area contributed by atoms with Crippen molar-refractivity contribution in [2.75, 3.05) is 5.32 Å². The zero-order chi connectivity index (χ0) is 24.7. The normalized spacial score (nSPS) is 10.0. The van der Waals surface area contributed by atoms with Crippen molar-refractivity contribution < 1.29 is 19.3 Å². The number of hydrazine groups is 1. The Kier molecular flexibility index (Phi) is 7.62. The van der Waals surface area contributed by atoms with Gasteiger partial charge in [-0.2, -0.15) is 0 Å². The third kappa shape index (κ3) is 6.20. The highest BCUT2D eigenvalue weighted by Crippen LogP contribution is 2.17. The summed E-state index contributed by atoms with van der Waals surface area (Å²) in [5.74, 6) is -1.63. The second-order valence-corrected chi connectivity index (χ2v) is 7.45. The van der Waals surface area contributed by atoms with Crippen LogP contribution in [0.5, 0.6) is 0 Å². The summed E-state index contributed by atoms with van der Waals surface area (Å²) in [5, 5.41) is 15.8. The lowest BCUT2D eigenvalue weighted by molar-refractivity contribution is -0.385. The fourth-order valence-electron chi connectivity index (χ4n) is 2.91. The molecule has 0 atom stereocenters. The molecule has 172 valence electrons. The Balaban J connectivity index is 1.53. The maximum absolute atomic E-state index is 12.3. The molecule has 0 heterocycles. The molecule has 0 aliphatic carbocycles. The first-order valence-corrected chi connectivity index (χ1v) is 10.3. The number of thiocarbonyl (C=S) groups is 1. The van der Waals surface area contributed by atoms with Gasteiger partial charge < -0.3 is 5.32 Å². The largest absolute Gasteiger partial charge is 0.322 e. The molecule has 0 saturated heterocycles. The minimum absolute atomic E-state index is 0.175. The van der Waals surface area contributed by atoms with Crippen LogP contribution in [-0.2, 0) is 0 Å². The predicted molar refractivity (Wildman–Crippen MR) is 129 cm³/mol. The molecule has 0 saturated carbocycles.